The Morgan fingerprint density at radius 1 is 0.369 bits per heavy atom. The summed E-state index contributed by atoms with van der Waals surface area (Å²) in [5.74, 6) is 0. The first-order chi connectivity index (χ1) is 38.6. The molecule has 308 valence electrons. The summed E-state index contributed by atoms with van der Waals surface area (Å²) in [7, 11) is 0. The number of fused-ring (bicyclic) bond motifs is 6. The average molecular weight is 847 g/mol. The van der Waals surface area contributed by atoms with Gasteiger partial charge in [-0.05, 0) is 133 Å². The quantitative estimate of drug-likeness (QED) is 0.148. The summed E-state index contributed by atoms with van der Waals surface area (Å²) in [6.07, 6.45) is 0. The van der Waals surface area contributed by atoms with Crippen LogP contribution < -0.4 is 4.90 Å². The Bertz CT molecular complexity index is 4440. The molecule has 0 aliphatic heterocycles. The molecule has 0 spiro atoms. The molecule has 0 atom stereocenters. The van der Waals surface area contributed by atoms with E-state index in [2.05, 4.69) is 28.8 Å². The first-order valence-electron chi connectivity index (χ1n) is 29.3. The van der Waals surface area contributed by atoms with Gasteiger partial charge in [-0.1, -0.05) is 189 Å². The molecule has 11 aromatic rings. The van der Waals surface area contributed by atoms with Crippen molar-refractivity contribution in [1.82, 2.24) is 4.57 Å². The lowest BCUT2D eigenvalue weighted by molar-refractivity contribution is 0.660. The molecule has 65 heavy (non-hydrogen) atoms. The molecule has 0 radical (unpaired) electrons. The number of benzene rings is 10. The van der Waals surface area contributed by atoms with Crippen LogP contribution >= 0.6 is 0 Å². The Morgan fingerprint density at radius 3 is 1.83 bits per heavy atom. The van der Waals surface area contributed by atoms with Crippen molar-refractivity contribution >= 4 is 38.9 Å². The Labute approximate surface area is 403 Å². The highest BCUT2D eigenvalue weighted by molar-refractivity contribution is 6.10. The molecule has 0 saturated heterocycles. The summed E-state index contributed by atoms with van der Waals surface area (Å²) < 4.78 is 150. The van der Waals surface area contributed by atoms with Gasteiger partial charge in [-0.2, -0.15) is 0 Å². The summed E-state index contributed by atoms with van der Waals surface area (Å²) in [5.41, 5.74) is 5.51. The van der Waals surface area contributed by atoms with Gasteiger partial charge < -0.3 is 9.47 Å². The molecule has 0 unspecified atom stereocenters. The van der Waals surface area contributed by atoms with Gasteiger partial charge >= 0.3 is 0 Å². The smallest absolute Gasteiger partial charge is 0.0645 e. The van der Waals surface area contributed by atoms with Crippen LogP contribution in [0.1, 0.15) is 46.9 Å². The zero-order valence-electron chi connectivity index (χ0n) is 51.3. The van der Waals surface area contributed by atoms with Crippen LogP contribution in [0.4, 0.5) is 17.1 Å². The van der Waals surface area contributed by atoms with E-state index in [0.29, 0.717) is 5.56 Å². The van der Waals surface area contributed by atoms with Crippen LogP contribution in [0.25, 0.3) is 83.1 Å². The molecule has 0 amide bonds. The molecule has 0 bridgehead atoms. The number of hydrogen-bond acceptors (Lipinski definition) is 1. The minimum atomic E-state index is -0.796. The van der Waals surface area contributed by atoms with Gasteiger partial charge in [-0.25, -0.2) is 0 Å². The van der Waals surface area contributed by atoms with E-state index in [1.807, 2.05) is 111 Å². The molecular weight excluding hydrogens is 785 g/mol. The van der Waals surface area contributed by atoms with E-state index >= 15 is 0 Å². The molecule has 2 nitrogen and oxygen atoms in total. The van der Waals surface area contributed by atoms with Gasteiger partial charge in [0.2, 0.25) is 0 Å². The Balaban J connectivity index is 1.08. The minimum absolute atomic E-state index is 0.0221. The molecule has 0 N–H and O–H groups in total. The van der Waals surface area contributed by atoms with E-state index in [4.69, 9.17) is 11.0 Å². The van der Waals surface area contributed by atoms with Crippen molar-refractivity contribution < 1.29 is 21.9 Å². The topological polar surface area (TPSA) is 8.17 Å². The fraction of sp³-hybridized carbons (Fsp3) is 0.0476. The van der Waals surface area contributed by atoms with Crippen LogP contribution in [0.3, 0.4) is 0 Å². The highest BCUT2D eigenvalue weighted by Gasteiger charge is 2.35. The van der Waals surface area contributed by atoms with Crippen LogP contribution in [-0.4, -0.2) is 4.57 Å². The van der Waals surface area contributed by atoms with Crippen molar-refractivity contribution in [3.8, 4) is 61.3 Å². The van der Waals surface area contributed by atoms with Crippen LogP contribution in [0.2, 0.25) is 0 Å². The maximum absolute atomic E-state index is 9.90. The van der Waals surface area contributed by atoms with Crippen molar-refractivity contribution in [1.29, 1.82) is 0 Å². The van der Waals surface area contributed by atoms with E-state index in [-0.39, 0.29) is 22.5 Å². The summed E-state index contributed by atoms with van der Waals surface area (Å²) in [6.45, 7) is 4.07. The molecule has 12 rings (SSSR count). The van der Waals surface area contributed by atoms with Crippen molar-refractivity contribution in [3.05, 3.63) is 253 Å². The number of rotatable bonds is 8. The van der Waals surface area contributed by atoms with E-state index in [9.17, 15) is 11.0 Å². The van der Waals surface area contributed by atoms with Gasteiger partial charge in [-0.3, -0.25) is 0 Å². The normalized spacial score (nSPS) is 16.0. The third kappa shape index (κ3) is 6.57. The summed E-state index contributed by atoms with van der Waals surface area (Å²) in [5, 5.41) is 1.68. The monoisotopic (exact) mass is 846 g/mol. The van der Waals surface area contributed by atoms with Crippen LogP contribution in [0.5, 0.6) is 0 Å². The molecule has 10 aromatic carbocycles. The number of para-hydroxylation sites is 1. The summed E-state index contributed by atoms with van der Waals surface area (Å²) in [4.78, 5) is 1.20. The largest absolute Gasteiger partial charge is 0.310 e. The van der Waals surface area contributed by atoms with E-state index in [1.54, 1.807) is 18.2 Å². The Kier molecular flexibility index (Phi) is 6.03. The highest BCUT2D eigenvalue weighted by atomic mass is 15.1. The summed E-state index contributed by atoms with van der Waals surface area (Å²) >= 11 is 0. The van der Waals surface area contributed by atoms with E-state index in [1.165, 1.54) is 4.90 Å². The molecule has 1 aliphatic rings. The second kappa shape index (κ2) is 15.6. The molecule has 1 aromatic heterocycles. The number of aromatic nitrogens is 1. The molecule has 0 saturated carbocycles. The van der Waals surface area contributed by atoms with E-state index in [0.717, 1.165) is 66.9 Å². The molecule has 2 heteroatoms. The second-order valence-corrected chi connectivity index (χ2v) is 16.5. The molecular formula is C63H46N2. The zero-order chi connectivity index (χ0) is 57.4. The van der Waals surface area contributed by atoms with Gasteiger partial charge in [0.25, 0.3) is 0 Å². The van der Waals surface area contributed by atoms with Crippen LogP contribution in [0.15, 0.2) is 242 Å². The van der Waals surface area contributed by atoms with Crippen LogP contribution in [-0.2, 0) is 5.41 Å². The second-order valence-electron chi connectivity index (χ2n) is 16.5. The Hall–Kier alpha value is -8.20. The van der Waals surface area contributed by atoms with Crippen LogP contribution in [0, 0.1) is 0 Å². The molecule has 0 fully saturated rings. The van der Waals surface area contributed by atoms with Crippen molar-refractivity contribution in [2.75, 3.05) is 4.90 Å². The standard InChI is InChI=1S/C63H46N2/c1-63(2)59-26-13-11-24-55(59)56-38-37-52(42-60(56)63)64(50-35-30-46(31-36-50)54-23-10-9-22-53(54)45-18-7-4-8-19-45)49-33-28-44(29-34-49)48-32-39-62-58(41-48)57-25-12-14-27-61(57)65(62)51-21-15-20-47(40-51)43-16-5-3-6-17-43/h3-42H,1-2H3/i4D,7D,8D,9D,10D,18D,19D,23D,28D,29D,30D,31D,33D,34D,35D,36D. The van der Waals surface area contributed by atoms with Crippen molar-refractivity contribution in [2.45, 2.75) is 19.3 Å². The van der Waals surface area contributed by atoms with Crippen molar-refractivity contribution in [2.24, 2.45) is 0 Å². The van der Waals surface area contributed by atoms with Crippen molar-refractivity contribution in [3.63, 3.8) is 0 Å². The fourth-order valence-corrected chi connectivity index (χ4v) is 9.29. The lowest BCUT2D eigenvalue weighted by Crippen LogP contribution is -2.16. The lowest BCUT2D eigenvalue weighted by atomic mass is 9.82. The maximum Gasteiger partial charge on any atom is 0.0645 e. The van der Waals surface area contributed by atoms with Gasteiger partial charge in [0.15, 0.2) is 0 Å². The number of hydrogen-bond donors (Lipinski definition) is 0. The fourth-order valence-electron chi connectivity index (χ4n) is 9.29. The van der Waals surface area contributed by atoms with Gasteiger partial charge in [0.1, 0.15) is 0 Å². The first kappa shape index (κ1) is 25.2. The van der Waals surface area contributed by atoms with Gasteiger partial charge in [-0.15, -0.1) is 0 Å². The average Bonchev–Trinajstić information content (AvgIpc) is 3.99. The third-order valence-corrected chi connectivity index (χ3v) is 12.4. The van der Waals surface area contributed by atoms with Gasteiger partial charge in [0.05, 0.1) is 33.0 Å². The predicted octanol–water partition coefficient (Wildman–Crippen LogP) is 17.2. The molecule has 1 heterocycles. The Morgan fingerprint density at radius 2 is 1.02 bits per heavy atom. The summed E-state index contributed by atoms with van der Waals surface area (Å²) in [6, 6.07) is 35.1. The van der Waals surface area contributed by atoms with Gasteiger partial charge in [0, 0.05) is 38.9 Å². The molecule has 1 aliphatic carbocycles. The SMILES string of the molecule is [2H]c1cc(-c2c([2H])c([2H])c([2H])c([2H])c2[2H])c(-c2c([2H])c([2H])c(N(c3ccc4c(c3)C(C)(C)c3ccccc3-4)c3c([2H])c([2H])c(-c4ccc5c(c4)c4ccccc4n5-c4cccc(-c5ccccc5)c4)c([2H])c3[2H])c([2H])c2[2H])c([2H])c1[2H]. The highest BCUT2D eigenvalue weighted by Crippen LogP contribution is 2.51. The zero-order valence-corrected chi connectivity index (χ0v) is 35.3. The van der Waals surface area contributed by atoms with E-state index < -0.39 is 124 Å². The number of nitrogens with zero attached hydrogens (tertiary/aromatic N) is 2. The minimum Gasteiger partial charge on any atom is -0.310 e. The number of anilines is 3. The lowest BCUT2D eigenvalue weighted by Gasteiger charge is -2.28. The third-order valence-electron chi connectivity index (χ3n) is 12.4. The maximum atomic E-state index is 9.90. The first-order valence-corrected chi connectivity index (χ1v) is 21.3. The predicted molar refractivity (Wildman–Crippen MR) is 275 cm³/mol.